The molecule has 1 heterocycles. The number of rotatable bonds is 6. The summed E-state index contributed by atoms with van der Waals surface area (Å²) in [5.41, 5.74) is 0. The molecule has 0 fully saturated rings. The van der Waals surface area contributed by atoms with Crippen LogP contribution < -0.4 is 5.32 Å². The van der Waals surface area contributed by atoms with Crippen LogP contribution in [0.5, 0.6) is 0 Å². The van der Waals surface area contributed by atoms with E-state index in [1.807, 2.05) is 6.92 Å². The number of anilines is 1. The molecule has 0 amide bonds. The van der Waals surface area contributed by atoms with Gasteiger partial charge in [0, 0.05) is 12.7 Å². The van der Waals surface area contributed by atoms with Crippen molar-refractivity contribution in [3.63, 3.8) is 0 Å². The fourth-order valence-corrected chi connectivity index (χ4v) is 2.90. The van der Waals surface area contributed by atoms with Gasteiger partial charge in [0.25, 0.3) is 0 Å². The number of nitriles is 2. The normalized spacial score (nSPS) is 10.8. The molecular weight excluding hydrogens is 302 g/mol. The number of pyridine rings is 1. The standard InChI is InChI=1S/C11H12ClN5O2S/c1-2-15-11-10(12)7-9(8-16-11)20(18,19)17(5-3-13)6-4-14/h7-8H,2,5-6H2,1H3,(H,15,16). The van der Waals surface area contributed by atoms with Crippen molar-refractivity contribution in [1.29, 1.82) is 10.5 Å². The lowest BCUT2D eigenvalue weighted by Crippen LogP contribution is -2.32. The molecule has 0 saturated carbocycles. The molecule has 0 bridgehead atoms. The van der Waals surface area contributed by atoms with Gasteiger partial charge in [0.2, 0.25) is 10.0 Å². The third-order valence-corrected chi connectivity index (χ3v) is 4.34. The minimum atomic E-state index is -3.97. The maximum atomic E-state index is 12.2. The average molecular weight is 314 g/mol. The third kappa shape index (κ3) is 3.58. The van der Waals surface area contributed by atoms with E-state index >= 15 is 0 Å². The molecule has 0 unspecified atom stereocenters. The Balaban J connectivity index is 3.18. The number of hydrogen-bond donors (Lipinski definition) is 1. The molecule has 1 N–H and O–H groups in total. The summed E-state index contributed by atoms with van der Waals surface area (Å²) in [5, 5.41) is 20.3. The van der Waals surface area contributed by atoms with E-state index in [1.165, 1.54) is 6.07 Å². The Morgan fingerprint density at radius 1 is 1.40 bits per heavy atom. The van der Waals surface area contributed by atoms with Crippen LogP contribution in [0.3, 0.4) is 0 Å². The van der Waals surface area contributed by atoms with Crippen LogP contribution in [0.15, 0.2) is 17.2 Å². The Hall–Kier alpha value is -1.87. The summed E-state index contributed by atoms with van der Waals surface area (Å²) in [5.74, 6) is 0.375. The van der Waals surface area contributed by atoms with E-state index in [0.29, 0.717) is 12.4 Å². The second-order valence-electron chi connectivity index (χ2n) is 3.62. The topological polar surface area (TPSA) is 110 Å². The quantitative estimate of drug-likeness (QED) is 0.790. The highest BCUT2D eigenvalue weighted by molar-refractivity contribution is 7.89. The molecule has 1 rings (SSSR count). The lowest BCUT2D eigenvalue weighted by atomic mass is 10.4. The summed E-state index contributed by atoms with van der Waals surface area (Å²) >= 11 is 5.94. The molecule has 1 aromatic rings. The van der Waals surface area contributed by atoms with Crippen LogP contribution in [0.1, 0.15) is 6.92 Å². The molecule has 106 valence electrons. The van der Waals surface area contributed by atoms with Crippen molar-refractivity contribution < 1.29 is 8.42 Å². The molecule has 1 aromatic heterocycles. The highest BCUT2D eigenvalue weighted by Crippen LogP contribution is 2.24. The Morgan fingerprint density at radius 2 is 2.00 bits per heavy atom. The fraction of sp³-hybridized carbons (Fsp3) is 0.364. The average Bonchev–Trinajstić information content (AvgIpc) is 2.41. The fourth-order valence-electron chi connectivity index (χ4n) is 1.39. The van der Waals surface area contributed by atoms with Crippen molar-refractivity contribution in [2.45, 2.75) is 11.8 Å². The van der Waals surface area contributed by atoms with Gasteiger partial charge in [-0.25, -0.2) is 13.4 Å². The molecule has 0 spiro atoms. The number of aromatic nitrogens is 1. The molecule has 0 radical (unpaired) electrons. The van der Waals surface area contributed by atoms with E-state index < -0.39 is 23.1 Å². The lowest BCUT2D eigenvalue weighted by molar-refractivity contribution is 0.479. The van der Waals surface area contributed by atoms with Gasteiger partial charge in [-0.3, -0.25) is 0 Å². The van der Waals surface area contributed by atoms with Gasteiger partial charge in [0.1, 0.15) is 23.8 Å². The minimum absolute atomic E-state index is 0.154. The summed E-state index contributed by atoms with van der Waals surface area (Å²) in [6.07, 6.45) is 1.14. The van der Waals surface area contributed by atoms with E-state index in [-0.39, 0.29) is 9.92 Å². The number of hydrogen-bond acceptors (Lipinski definition) is 6. The van der Waals surface area contributed by atoms with Gasteiger partial charge in [-0.2, -0.15) is 14.8 Å². The number of nitrogens with zero attached hydrogens (tertiary/aromatic N) is 4. The number of nitrogens with one attached hydrogen (secondary N) is 1. The van der Waals surface area contributed by atoms with E-state index in [2.05, 4.69) is 10.3 Å². The Morgan fingerprint density at radius 3 is 2.45 bits per heavy atom. The second kappa shape index (κ2) is 7.06. The highest BCUT2D eigenvalue weighted by atomic mass is 35.5. The monoisotopic (exact) mass is 313 g/mol. The molecule has 0 aliphatic heterocycles. The van der Waals surface area contributed by atoms with E-state index in [4.69, 9.17) is 22.1 Å². The molecule has 0 aromatic carbocycles. The van der Waals surface area contributed by atoms with Crippen LogP contribution >= 0.6 is 11.6 Å². The maximum Gasteiger partial charge on any atom is 0.246 e. The van der Waals surface area contributed by atoms with Crippen molar-refractivity contribution in [2.24, 2.45) is 0 Å². The first-order chi connectivity index (χ1) is 9.47. The zero-order valence-corrected chi connectivity index (χ0v) is 12.2. The van der Waals surface area contributed by atoms with Gasteiger partial charge in [-0.1, -0.05) is 11.6 Å². The largest absolute Gasteiger partial charge is 0.369 e. The van der Waals surface area contributed by atoms with E-state index in [9.17, 15) is 8.42 Å². The summed E-state index contributed by atoms with van der Waals surface area (Å²) in [6.45, 7) is 1.61. The van der Waals surface area contributed by atoms with Crippen LogP contribution in [-0.4, -0.2) is 37.3 Å². The predicted molar refractivity (Wildman–Crippen MR) is 73.4 cm³/mol. The Kier molecular flexibility index (Phi) is 5.71. The molecule has 0 aliphatic carbocycles. The number of halogens is 1. The van der Waals surface area contributed by atoms with Crippen LogP contribution in [0.25, 0.3) is 0 Å². The van der Waals surface area contributed by atoms with E-state index in [1.54, 1.807) is 12.1 Å². The first kappa shape index (κ1) is 16.2. The molecule has 9 heteroatoms. The van der Waals surface area contributed by atoms with Gasteiger partial charge < -0.3 is 5.32 Å². The number of sulfonamides is 1. The highest BCUT2D eigenvalue weighted by Gasteiger charge is 2.25. The molecule has 7 nitrogen and oxygen atoms in total. The summed E-state index contributed by atoms with van der Waals surface area (Å²) in [4.78, 5) is 3.76. The smallest absolute Gasteiger partial charge is 0.246 e. The summed E-state index contributed by atoms with van der Waals surface area (Å²) < 4.78 is 25.2. The zero-order chi connectivity index (χ0) is 15.2. The minimum Gasteiger partial charge on any atom is -0.369 e. The van der Waals surface area contributed by atoms with Gasteiger partial charge in [-0.05, 0) is 13.0 Å². The van der Waals surface area contributed by atoms with Crippen molar-refractivity contribution in [3.05, 3.63) is 17.3 Å². The van der Waals surface area contributed by atoms with Gasteiger partial charge >= 0.3 is 0 Å². The Labute approximate surface area is 122 Å². The molecule has 20 heavy (non-hydrogen) atoms. The van der Waals surface area contributed by atoms with Crippen LogP contribution in [-0.2, 0) is 10.0 Å². The van der Waals surface area contributed by atoms with Crippen molar-refractivity contribution >= 4 is 27.4 Å². The lowest BCUT2D eigenvalue weighted by Gasteiger charge is -2.16. The van der Waals surface area contributed by atoms with Crippen molar-refractivity contribution in [2.75, 3.05) is 25.0 Å². The predicted octanol–water partition coefficient (Wildman–Crippen LogP) is 1.20. The van der Waals surface area contributed by atoms with E-state index in [0.717, 1.165) is 10.5 Å². The van der Waals surface area contributed by atoms with Gasteiger partial charge in [0.05, 0.1) is 17.2 Å². The van der Waals surface area contributed by atoms with Crippen LogP contribution in [0.4, 0.5) is 5.82 Å². The zero-order valence-electron chi connectivity index (χ0n) is 10.7. The molecule has 0 saturated heterocycles. The first-order valence-corrected chi connectivity index (χ1v) is 7.42. The second-order valence-corrected chi connectivity index (χ2v) is 5.97. The molecule has 0 atom stereocenters. The van der Waals surface area contributed by atoms with Crippen molar-refractivity contribution in [1.82, 2.24) is 9.29 Å². The summed E-state index contributed by atoms with van der Waals surface area (Å²) in [6, 6.07) is 4.65. The van der Waals surface area contributed by atoms with Crippen LogP contribution in [0, 0.1) is 22.7 Å². The maximum absolute atomic E-state index is 12.2. The van der Waals surface area contributed by atoms with Gasteiger partial charge in [-0.15, -0.1) is 0 Å². The third-order valence-electron chi connectivity index (χ3n) is 2.29. The summed E-state index contributed by atoms with van der Waals surface area (Å²) in [7, 11) is -3.97. The molecule has 0 aliphatic rings. The molecular formula is C11H12ClN5O2S. The Bertz CT molecular complexity index is 646. The first-order valence-electron chi connectivity index (χ1n) is 5.60. The SMILES string of the molecule is CCNc1ncc(S(=O)(=O)N(CC#N)CC#N)cc1Cl. The van der Waals surface area contributed by atoms with Crippen molar-refractivity contribution in [3.8, 4) is 12.1 Å². The van der Waals surface area contributed by atoms with Crippen LogP contribution in [0.2, 0.25) is 5.02 Å². The van der Waals surface area contributed by atoms with Gasteiger partial charge in [0.15, 0.2) is 0 Å².